The molecule has 0 spiro atoms. The van der Waals surface area contributed by atoms with Crippen LogP contribution in [0.25, 0.3) is 5.69 Å². The molecule has 5 heteroatoms. The monoisotopic (exact) mass is 386 g/mol. The van der Waals surface area contributed by atoms with Gasteiger partial charge >= 0.3 is 0 Å². The maximum atomic E-state index is 13.4. The number of nitrogens with zero attached hydrogens (tertiary/aromatic N) is 4. The lowest BCUT2D eigenvalue weighted by molar-refractivity contribution is 0.0737. The van der Waals surface area contributed by atoms with Gasteiger partial charge in [0.05, 0.1) is 11.4 Å². The molecule has 5 rings (SSSR count). The van der Waals surface area contributed by atoms with Gasteiger partial charge in [-0.05, 0) is 49.6 Å². The Morgan fingerprint density at radius 2 is 1.62 bits per heavy atom. The molecule has 1 aliphatic carbocycles. The molecule has 0 radical (unpaired) electrons. The predicted molar refractivity (Wildman–Crippen MR) is 115 cm³/mol. The van der Waals surface area contributed by atoms with Crippen molar-refractivity contribution in [2.45, 2.75) is 25.7 Å². The molecule has 0 atom stereocenters. The van der Waals surface area contributed by atoms with Crippen molar-refractivity contribution in [3.05, 3.63) is 77.6 Å². The van der Waals surface area contributed by atoms with E-state index < -0.39 is 0 Å². The van der Waals surface area contributed by atoms with Crippen LogP contribution in [-0.4, -0.2) is 46.8 Å². The van der Waals surface area contributed by atoms with Gasteiger partial charge in [-0.2, -0.15) is 5.10 Å². The van der Waals surface area contributed by atoms with Crippen LogP contribution in [0.4, 0.5) is 5.69 Å². The van der Waals surface area contributed by atoms with Gasteiger partial charge in [0.25, 0.3) is 5.91 Å². The number of benzene rings is 2. The van der Waals surface area contributed by atoms with Crippen molar-refractivity contribution in [3.63, 3.8) is 0 Å². The smallest absolute Gasteiger partial charge is 0.272 e. The van der Waals surface area contributed by atoms with Gasteiger partial charge in [0.15, 0.2) is 0 Å². The highest BCUT2D eigenvalue weighted by atomic mass is 16.2. The van der Waals surface area contributed by atoms with E-state index in [0.717, 1.165) is 37.6 Å². The topological polar surface area (TPSA) is 41.4 Å². The maximum absolute atomic E-state index is 13.4. The van der Waals surface area contributed by atoms with Crippen molar-refractivity contribution in [3.8, 4) is 5.69 Å². The van der Waals surface area contributed by atoms with Crippen LogP contribution in [0, 0.1) is 6.92 Å². The fraction of sp³-hybridized carbons (Fsp3) is 0.333. The predicted octanol–water partition coefficient (Wildman–Crippen LogP) is 4.02. The summed E-state index contributed by atoms with van der Waals surface area (Å²) in [4.78, 5) is 17.8. The number of piperazine rings is 1. The molecular formula is C24H26N4O. The summed E-state index contributed by atoms with van der Waals surface area (Å²) in [5.41, 5.74) is 5.23. The molecule has 0 unspecified atom stereocenters. The van der Waals surface area contributed by atoms with Crippen LogP contribution in [0.2, 0.25) is 0 Å². The summed E-state index contributed by atoms with van der Waals surface area (Å²) >= 11 is 0. The van der Waals surface area contributed by atoms with Crippen molar-refractivity contribution in [2.24, 2.45) is 0 Å². The molecule has 0 N–H and O–H groups in total. The average Bonchev–Trinajstić information content (AvgIpc) is 3.53. The van der Waals surface area contributed by atoms with Crippen molar-refractivity contribution in [1.29, 1.82) is 0 Å². The van der Waals surface area contributed by atoms with Crippen LogP contribution in [0.15, 0.2) is 60.7 Å². The van der Waals surface area contributed by atoms with E-state index in [-0.39, 0.29) is 5.91 Å². The molecule has 3 aromatic rings. The van der Waals surface area contributed by atoms with E-state index in [0.29, 0.717) is 11.6 Å². The van der Waals surface area contributed by atoms with Gasteiger partial charge in [-0.15, -0.1) is 0 Å². The first-order valence-electron chi connectivity index (χ1n) is 10.5. The number of amides is 1. The van der Waals surface area contributed by atoms with E-state index in [1.54, 1.807) is 0 Å². The molecule has 1 aromatic heterocycles. The molecule has 2 heterocycles. The van der Waals surface area contributed by atoms with Crippen LogP contribution in [-0.2, 0) is 0 Å². The zero-order chi connectivity index (χ0) is 19.8. The summed E-state index contributed by atoms with van der Waals surface area (Å²) < 4.78 is 1.84. The molecule has 1 amide bonds. The second-order valence-corrected chi connectivity index (χ2v) is 8.04. The number of aromatic nitrogens is 2. The van der Waals surface area contributed by atoms with Crippen LogP contribution >= 0.6 is 0 Å². The van der Waals surface area contributed by atoms with Gasteiger partial charge in [0, 0.05) is 37.8 Å². The summed E-state index contributed by atoms with van der Waals surface area (Å²) in [6, 6.07) is 20.5. The highest BCUT2D eigenvalue weighted by Gasteiger charge is 2.31. The van der Waals surface area contributed by atoms with Gasteiger partial charge in [0.2, 0.25) is 0 Å². The highest BCUT2D eigenvalue weighted by molar-refractivity contribution is 5.93. The van der Waals surface area contributed by atoms with Crippen LogP contribution in [0.1, 0.15) is 40.5 Å². The van der Waals surface area contributed by atoms with E-state index in [1.165, 1.54) is 24.1 Å². The third-order valence-electron chi connectivity index (χ3n) is 5.97. The van der Waals surface area contributed by atoms with E-state index in [4.69, 9.17) is 5.10 Å². The summed E-state index contributed by atoms with van der Waals surface area (Å²) in [5, 5.41) is 4.79. The normalized spacial score (nSPS) is 16.9. The Labute approximate surface area is 171 Å². The fourth-order valence-electron chi connectivity index (χ4n) is 4.13. The molecule has 2 fully saturated rings. The van der Waals surface area contributed by atoms with Crippen molar-refractivity contribution < 1.29 is 4.79 Å². The molecule has 2 aromatic carbocycles. The minimum absolute atomic E-state index is 0.0812. The van der Waals surface area contributed by atoms with Gasteiger partial charge in [0.1, 0.15) is 5.69 Å². The maximum Gasteiger partial charge on any atom is 0.272 e. The Hall–Kier alpha value is -3.08. The van der Waals surface area contributed by atoms with E-state index in [2.05, 4.69) is 36.1 Å². The van der Waals surface area contributed by atoms with Crippen molar-refractivity contribution in [2.75, 3.05) is 31.1 Å². The molecule has 2 aliphatic rings. The first-order chi connectivity index (χ1) is 14.2. The summed E-state index contributed by atoms with van der Waals surface area (Å²) in [5.74, 6) is 0.599. The quantitative estimate of drug-likeness (QED) is 0.680. The average molecular weight is 386 g/mol. The van der Waals surface area contributed by atoms with Gasteiger partial charge in [-0.1, -0.05) is 36.4 Å². The zero-order valence-electron chi connectivity index (χ0n) is 16.8. The van der Waals surface area contributed by atoms with Crippen LogP contribution in [0.5, 0.6) is 0 Å². The number of hydrogen-bond donors (Lipinski definition) is 0. The summed E-state index contributed by atoms with van der Waals surface area (Å²) in [6.45, 7) is 5.31. The number of anilines is 1. The van der Waals surface area contributed by atoms with Crippen LogP contribution < -0.4 is 4.90 Å². The van der Waals surface area contributed by atoms with Crippen molar-refractivity contribution >= 4 is 11.6 Å². The number of carbonyl (C=O) groups is 1. The largest absolute Gasteiger partial charge is 0.368 e. The zero-order valence-corrected chi connectivity index (χ0v) is 16.8. The first kappa shape index (κ1) is 18.0. The number of aryl methyl sites for hydroxylation is 1. The summed E-state index contributed by atoms with van der Waals surface area (Å²) in [6.07, 6.45) is 2.35. The Morgan fingerprint density at radius 1 is 0.931 bits per heavy atom. The molecule has 29 heavy (non-hydrogen) atoms. The third-order valence-corrected chi connectivity index (χ3v) is 5.97. The number of para-hydroxylation sites is 2. The lowest BCUT2D eigenvalue weighted by Crippen LogP contribution is -2.49. The highest BCUT2D eigenvalue weighted by Crippen LogP contribution is 2.40. The first-order valence-corrected chi connectivity index (χ1v) is 10.5. The molecule has 1 saturated carbocycles. The lowest BCUT2D eigenvalue weighted by Gasteiger charge is -2.36. The molecule has 148 valence electrons. The molecule has 1 aliphatic heterocycles. The number of carbonyl (C=O) groups excluding carboxylic acids is 1. The van der Waals surface area contributed by atoms with E-state index >= 15 is 0 Å². The fourth-order valence-corrected chi connectivity index (χ4v) is 4.13. The van der Waals surface area contributed by atoms with Gasteiger partial charge in [-0.3, -0.25) is 4.79 Å². The third kappa shape index (κ3) is 3.53. The van der Waals surface area contributed by atoms with Gasteiger partial charge in [-0.25, -0.2) is 4.68 Å². The standard InChI is InChI=1S/C24H26N4O/c1-18-7-5-6-10-22(18)26-13-15-27(16-14-26)24(29)23-17-21(19-11-12-19)25-28(23)20-8-3-2-4-9-20/h2-10,17,19H,11-16H2,1H3. The number of rotatable bonds is 4. The minimum atomic E-state index is 0.0812. The molecule has 5 nitrogen and oxygen atoms in total. The Bertz CT molecular complexity index is 1010. The summed E-state index contributed by atoms with van der Waals surface area (Å²) in [7, 11) is 0. The molecular weight excluding hydrogens is 360 g/mol. The van der Waals surface area contributed by atoms with Gasteiger partial charge < -0.3 is 9.80 Å². The Balaban J connectivity index is 1.37. The van der Waals surface area contributed by atoms with Crippen LogP contribution in [0.3, 0.4) is 0 Å². The molecule has 0 bridgehead atoms. The second-order valence-electron chi connectivity index (χ2n) is 8.04. The minimum Gasteiger partial charge on any atom is -0.368 e. The molecule has 1 saturated heterocycles. The Kier molecular flexibility index (Phi) is 4.58. The Morgan fingerprint density at radius 3 is 2.31 bits per heavy atom. The van der Waals surface area contributed by atoms with Crippen molar-refractivity contribution in [1.82, 2.24) is 14.7 Å². The number of hydrogen-bond acceptors (Lipinski definition) is 3. The van der Waals surface area contributed by atoms with E-state index in [9.17, 15) is 4.79 Å². The van der Waals surface area contributed by atoms with E-state index in [1.807, 2.05) is 46.0 Å². The second kappa shape index (κ2) is 7.39. The lowest BCUT2D eigenvalue weighted by atomic mass is 10.1. The SMILES string of the molecule is Cc1ccccc1N1CCN(C(=O)c2cc(C3CC3)nn2-c2ccccc2)CC1.